The number of amidine groups is 1. The minimum atomic E-state index is -0.337. The first kappa shape index (κ1) is 21.1. The van der Waals surface area contributed by atoms with Crippen LogP contribution in [0.2, 0.25) is 0 Å². The zero-order valence-electron chi connectivity index (χ0n) is 15.9. The number of furan rings is 1. The number of thioether (sulfide) groups is 1. The quantitative estimate of drug-likeness (QED) is 0.289. The molecule has 0 unspecified atom stereocenters. The lowest BCUT2D eigenvalue weighted by Gasteiger charge is -2.12. The Morgan fingerprint density at radius 1 is 1.19 bits per heavy atom. The maximum absolute atomic E-state index is 13.0. The lowest BCUT2D eigenvalue weighted by atomic mass is 10.2. The fraction of sp³-hybridized carbons (Fsp3) is 0.0455. The second kappa shape index (κ2) is 9.32. The average molecular weight is 500 g/mol. The zero-order valence-corrected chi connectivity index (χ0v) is 18.3. The van der Waals surface area contributed by atoms with E-state index in [0.717, 1.165) is 16.2 Å². The van der Waals surface area contributed by atoms with Crippen molar-refractivity contribution in [2.75, 3.05) is 0 Å². The van der Waals surface area contributed by atoms with Crippen LogP contribution in [0.5, 0.6) is 5.75 Å². The van der Waals surface area contributed by atoms with Crippen LogP contribution in [0.1, 0.15) is 16.9 Å². The SMILES string of the molecule is O=C1/C(=C/c2cc(Br)ccc2O)S/C(=N\N=C\c2ccc(F)cc2)N1Cc1ccco1. The number of hydrogen-bond acceptors (Lipinski definition) is 6. The number of rotatable bonds is 5. The van der Waals surface area contributed by atoms with Crippen LogP contribution in [-0.2, 0) is 11.3 Å². The van der Waals surface area contributed by atoms with E-state index in [1.807, 2.05) is 0 Å². The Morgan fingerprint density at radius 3 is 2.74 bits per heavy atom. The molecule has 1 aliphatic rings. The number of carbonyl (C=O) groups is 1. The number of phenolic OH excluding ortho intramolecular Hbond substituents is 1. The van der Waals surface area contributed by atoms with Crippen LogP contribution >= 0.6 is 27.7 Å². The number of phenols is 1. The molecule has 0 aliphatic carbocycles. The summed E-state index contributed by atoms with van der Waals surface area (Å²) in [6.45, 7) is 0.186. The van der Waals surface area contributed by atoms with Gasteiger partial charge >= 0.3 is 0 Å². The summed E-state index contributed by atoms with van der Waals surface area (Å²) in [7, 11) is 0. The van der Waals surface area contributed by atoms with Crippen molar-refractivity contribution in [1.82, 2.24) is 4.90 Å². The predicted molar refractivity (Wildman–Crippen MR) is 122 cm³/mol. The second-order valence-electron chi connectivity index (χ2n) is 6.46. The van der Waals surface area contributed by atoms with Gasteiger partial charge in [-0.2, -0.15) is 5.10 Å². The number of hydrogen-bond donors (Lipinski definition) is 1. The largest absolute Gasteiger partial charge is 0.507 e. The summed E-state index contributed by atoms with van der Waals surface area (Å²) in [6, 6.07) is 14.3. The Bertz CT molecular complexity index is 1190. The monoisotopic (exact) mass is 499 g/mol. The Hall–Kier alpha value is -3.17. The zero-order chi connectivity index (χ0) is 21.8. The number of benzene rings is 2. The third-order valence-corrected chi connectivity index (χ3v) is 5.77. The van der Waals surface area contributed by atoms with Crippen molar-refractivity contribution in [3.8, 4) is 5.75 Å². The molecule has 1 aromatic heterocycles. The normalized spacial score (nSPS) is 16.8. The van der Waals surface area contributed by atoms with Crippen molar-refractivity contribution in [1.29, 1.82) is 0 Å². The van der Waals surface area contributed by atoms with Gasteiger partial charge in [-0.15, -0.1) is 5.10 Å². The standard InChI is InChI=1S/C22H15BrFN3O3S/c23-16-5-8-19(28)15(10-16)11-20-21(29)27(13-18-2-1-9-30-18)22(31-20)26-25-12-14-3-6-17(24)7-4-14/h1-12,28H,13H2/b20-11-,25-12+,26-22-. The van der Waals surface area contributed by atoms with E-state index in [0.29, 0.717) is 27.0 Å². The molecular weight excluding hydrogens is 485 g/mol. The molecule has 1 N–H and O–H groups in total. The first-order valence-corrected chi connectivity index (χ1v) is 10.7. The van der Waals surface area contributed by atoms with Gasteiger partial charge in [-0.1, -0.05) is 28.1 Å². The van der Waals surface area contributed by atoms with Crippen molar-refractivity contribution in [2.45, 2.75) is 6.54 Å². The number of nitrogens with zero attached hydrogens (tertiary/aromatic N) is 3. The van der Waals surface area contributed by atoms with Gasteiger partial charge in [-0.3, -0.25) is 9.69 Å². The number of halogens is 2. The molecule has 2 aromatic carbocycles. The Kier molecular flexibility index (Phi) is 6.34. The van der Waals surface area contributed by atoms with Crippen LogP contribution in [0, 0.1) is 5.82 Å². The summed E-state index contributed by atoms with van der Waals surface area (Å²) in [5, 5.41) is 18.7. The number of carbonyl (C=O) groups excluding carboxylic acids is 1. The molecule has 4 rings (SSSR count). The Balaban J connectivity index is 1.64. The molecule has 1 amide bonds. The molecule has 1 saturated heterocycles. The first-order chi connectivity index (χ1) is 15.0. The Labute approximate surface area is 189 Å². The third kappa shape index (κ3) is 5.12. The maximum atomic E-state index is 13.0. The molecule has 31 heavy (non-hydrogen) atoms. The molecule has 1 aliphatic heterocycles. The minimum absolute atomic E-state index is 0.0569. The fourth-order valence-electron chi connectivity index (χ4n) is 2.76. The molecule has 1 fully saturated rings. The summed E-state index contributed by atoms with van der Waals surface area (Å²) in [6.07, 6.45) is 4.61. The highest BCUT2D eigenvalue weighted by molar-refractivity contribution is 9.10. The summed E-state index contributed by atoms with van der Waals surface area (Å²) in [5.41, 5.74) is 1.17. The van der Waals surface area contributed by atoms with Gasteiger partial charge in [-0.05, 0) is 65.9 Å². The van der Waals surface area contributed by atoms with E-state index in [4.69, 9.17) is 4.42 Å². The van der Waals surface area contributed by atoms with Crippen LogP contribution in [0.3, 0.4) is 0 Å². The minimum Gasteiger partial charge on any atom is -0.507 e. The van der Waals surface area contributed by atoms with Gasteiger partial charge in [0.2, 0.25) is 0 Å². The average Bonchev–Trinajstić information content (AvgIpc) is 3.36. The highest BCUT2D eigenvalue weighted by Crippen LogP contribution is 2.35. The van der Waals surface area contributed by atoms with Crippen LogP contribution in [0.4, 0.5) is 4.39 Å². The van der Waals surface area contributed by atoms with Gasteiger partial charge in [0.05, 0.1) is 23.9 Å². The lowest BCUT2D eigenvalue weighted by Crippen LogP contribution is -2.28. The molecular formula is C22H15BrFN3O3S. The van der Waals surface area contributed by atoms with Gasteiger partial charge in [0, 0.05) is 10.0 Å². The van der Waals surface area contributed by atoms with Gasteiger partial charge in [0.1, 0.15) is 17.3 Å². The van der Waals surface area contributed by atoms with E-state index in [-0.39, 0.29) is 24.0 Å². The van der Waals surface area contributed by atoms with Crippen molar-refractivity contribution < 1.29 is 18.7 Å². The lowest BCUT2D eigenvalue weighted by molar-refractivity contribution is -0.122. The predicted octanol–water partition coefficient (Wildman–Crippen LogP) is 5.39. The smallest absolute Gasteiger partial charge is 0.267 e. The van der Waals surface area contributed by atoms with E-state index in [2.05, 4.69) is 26.1 Å². The van der Waals surface area contributed by atoms with Crippen molar-refractivity contribution in [2.24, 2.45) is 10.2 Å². The molecule has 2 heterocycles. The van der Waals surface area contributed by atoms with Gasteiger partial charge in [0.25, 0.3) is 5.91 Å². The molecule has 0 bridgehead atoms. The van der Waals surface area contributed by atoms with Gasteiger partial charge in [0.15, 0.2) is 5.17 Å². The van der Waals surface area contributed by atoms with Crippen molar-refractivity contribution >= 4 is 51.1 Å². The highest BCUT2D eigenvalue weighted by atomic mass is 79.9. The van der Waals surface area contributed by atoms with Crippen LogP contribution in [0.15, 0.2) is 84.9 Å². The molecule has 6 nitrogen and oxygen atoms in total. The Morgan fingerprint density at radius 2 is 2.00 bits per heavy atom. The number of amides is 1. The molecule has 9 heteroatoms. The van der Waals surface area contributed by atoms with Crippen LogP contribution in [-0.4, -0.2) is 27.3 Å². The molecule has 3 aromatic rings. The molecule has 0 atom stereocenters. The van der Waals surface area contributed by atoms with Gasteiger partial charge in [-0.25, -0.2) is 4.39 Å². The molecule has 0 spiro atoms. The van der Waals surface area contributed by atoms with Crippen LogP contribution in [0.25, 0.3) is 6.08 Å². The molecule has 0 radical (unpaired) electrons. The van der Waals surface area contributed by atoms with E-state index in [1.165, 1.54) is 29.5 Å². The number of aromatic hydroxyl groups is 1. The fourth-order valence-corrected chi connectivity index (χ4v) is 4.06. The molecule has 0 saturated carbocycles. The summed E-state index contributed by atoms with van der Waals surface area (Å²) >= 11 is 4.51. The van der Waals surface area contributed by atoms with E-state index in [9.17, 15) is 14.3 Å². The summed E-state index contributed by atoms with van der Waals surface area (Å²) in [5.74, 6) is 0.0317. The van der Waals surface area contributed by atoms with E-state index >= 15 is 0 Å². The summed E-state index contributed by atoms with van der Waals surface area (Å²) in [4.78, 5) is 14.9. The van der Waals surface area contributed by atoms with E-state index < -0.39 is 0 Å². The van der Waals surface area contributed by atoms with Crippen molar-refractivity contribution in [3.63, 3.8) is 0 Å². The maximum Gasteiger partial charge on any atom is 0.267 e. The van der Waals surface area contributed by atoms with E-state index in [1.54, 1.807) is 48.5 Å². The van der Waals surface area contributed by atoms with Crippen LogP contribution < -0.4 is 0 Å². The first-order valence-electron chi connectivity index (χ1n) is 9.08. The van der Waals surface area contributed by atoms with Gasteiger partial charge < -0.3 is 9.52 Å². The topological polar surface area (TPSA) is 78.4 Å². The summed E-state index contributed by atoms with van der Waals surface area (Å²) < 4.78 is 19.2. The van der Waals surface area contributed by atoms with Crippen molar-refractivity contribution in [3.05, 3.63) is 92.9 Å². The highest BCUT2D eigenvalue weighted by Gasteiger charge is 2.34. The second-order valence-corrected chi connectivity index (χ2v) is 8.39. The molecule has 156 valence electrons. The third-order valence-electron chi connectivity index (χ3n) is 4.28.